The SMILES string of the molecule is CCNC(c1cc(F)ccc1C)c1ccncc1F. The lowest BCUT2D eigenvalue weighted by molar-refractivity contribution is 0.549. The van der Waals surface area contributed by atoms with Gasteiger partial charge in [-0.15, -0.1) is 0 Å². The summed E-state index contributed by atoms with van der Waals surface area (Å²) in [4.78, 5) is 3.74. The predicted octanol–water partition coefficient (Wildman–Crippen LogP) is 3.37. The molecule has 100 valence electrons. The van der Waals surface area contributed by atoms with Crippen molar-refractivity contribution in [1.29, 1.82) is 0 Å². The highest BCUT2D eigenvalue weighted by molar-refractivity contribution is 5.37. The normalized spacial score (nSPS) is 12.4. The van der Waals surface area contributed by atoms with Crippen LogP contribution >= 0.6 is 0 Å². The maximum Gasteiger partial charge on any atom is 0.146 e. The number of aryl methyl sites for hydroxylation is 1. The molecule has 0 saturated heterocycles. The fourth-order valence-corrected chi connectivity index (χ4v) is 2.13. The van der Waals surface area contributed by atoms with Crippen LogP contribution in [0.15, 0.2) is 36.7 Å². The van der Waals surface area contributed by atoms with Gasteiger partial charge < -0.3 is 5.32 Å². The Kier molecular flexibility index (Phi) is 4.22. The Hall–Kier alpha value is -1.81. The zero-order valence-corrected chi connectivity index (χ0v) is 11.0. The van der Waals surface area contributed by atoms with Gasteiger partial charge in [0.25, 0.3) is 0 Å². The van der Waals surface area contributed by atoms with E-state index in [2.05, 4.69) is 10.3 Å². The molecule has 1 N–H and O–H groups in total. The summed E-state index contributed by atoms with van der Waals surface area (Å²) in [5.74, 6) is -0.713. The van der Waals surface area contributed by atoms with Crippen molar-refractivity contribution in [2.75, 3.05) is 6.54 Å². The summed E-state index contributed by atoms with van der Waals surface area (Å²) in [6.07, 6.45) is 2.71. The van der Waals surface area contributed by atoms with E-state index in [1.165, 1.54) is 24.5 Å². The second kappa shape index (κ2) is 5.89. The van der Waals surface area contributed by atoms with E-state index in [9.17, 15) is 8.78 Å². The van der Waals surface area contributed by atoms with Crippen LogP contribution in [0, 0.1) is 18.6 Å². The molecule has 0 fully saturated rings. The van der Waals surface area contributed by atoms with Gasteiger partial charge in [0, 0.05) is 11.8 Å². The van der Waals surface area contributed by atoms with Crippen LogP contribution in [0.4, 0.5) is 8.78 Å². The lowest BCUT2D eigenvalue weighted by Crippen LogP contribution is -2.24. The number of halogens is 2. The number of hydrogen-bond donors (Lipinski definition) is 1. The summed E-state index contributed by atoms with van der Waals surface area (Å²) < 4.78 is 27.3. The molecule has 4 heteroatoms. The molecule has 2 nitrogen and oxygen atoms in total. The first kappa shape index (κ1) is 13.6. The number of nitrogens with zero attached hydrogens (tertiary/aromatic N) is 1. The van der Waals surface area contributed by atoms with Gasteiger partial charge >= 0.3 is 0 Å². The Labute approximate surface area is 111 Å². The van der Waals surface area contributed by atoms with Crippen LogP contribution in [0.3, 0.4) is 0 Å². The van der Waals surface area contributed by atoms with Gasteiger partial charge in [-0.25, -0.2) is 8.78 Å². The van der Waals surface area contributed by atoms with Crippen molar-refractivity contribution in [3.8, 4) is 0 Å². The second-order valence-electron chi connectivity index (χ2n) is 4.39. The molecular weight excluding hydrogens is 246 g/mol. The summed E-state index contributed by atoms with van der Waals surface area (Å²) >= 11 is 0. The second-order valence-corrected chi connectivity index (χ2v) is 4.39. The van der Waals surface area contributed by atoms with Crippen LogP contribution in [0.2, 0.25) is 0 Å². The lowest BCUT2D eigenvalue weighted by Gasteiger charge is -2.21. The fraction of sp³-hybridized carbons (Fsp3) is 0.267. The van der Waals surface area contributed by atoms with Crippen molar-refractivity contribution in [3.63, 3.8) is 0 Å². The third kappa shape index (κ3) is 2.96. The van der Waals surface area contributed by atoms with Crippen LogP contribution < -0.4 is 5.32 Å². The van der Waals surface area contributed by atoms with Crippen LogP contribution in [-0.4, -0.2) is 11.5 Å². The molecule has 0 bridgehead atoms. The molecule has 0 spiro atoms. The molecule has 0 aliphatic carbocycles. The molecule has 1 unspecified atom stereocenters. The summed E-state index contributed by atoms with van der Waals surface area (Å²) in [6, 6.07) is 5.80. The molecule has 0 amide bonds. The molecule has 0 saturated carbocycles. The minimum atomic E-state index is -0.392. The number of rotatable bonds is 4. The molecule has 0 aliphatic heterocycles. The van der Waals surface area contributed by atoms with Crippen LogP contribution in [0.1, 0.15) is 29.7 Å². The van der Waals surface area contributed by atoms with Crippen LogP contribution in [0.25, 0.3) is 0 Å². The maximum absolute atomic E-state index is 13.9. The Balaban J connectivity index is 2.51. The number of pyridine rings is 1. The lowest BCUT2D eigenvalue weighted by atomic mass is 9.95. The smallest absolute Gasteiger partial charge is 0.146 e. The van der Waals surface area contributed by atoms with E-state index >= 15 is 0 Å². The highest BCUT2D eigenvalue weighted by Gasteiger charge is 2.19. The van der Waals surface area contributed by atoms with E-state index in [4.69, 9.17) is 0 Å². The number of nitrogens with one attached hydrogen (secondary N) is 1. The maximum atomic E-state index is 13.9. The van der Waals surface area contributed by atoms with E-state index in [-0.39, 0.29) is 11.9 Å². The Morgan fingerprint density at radius 2 is 2.00 bits per heavy atom. The molecule has 19 heavy (non-hydrogen) atoms. The molecule has 1 heterocycles. The van der Waals surface area contributed by atoms with Crippen molar-refractivity contribution >= 4 is 0 Å². The van der Waals surface area contributed by atoms with E-state index in [0.29, 0.717) is 12.1 Å². The third-order valence-electron chi connectivity index (χ3n) is 3.08. The minimum absolute atomic E-state index is 0.321. The van der Waals surface area contributed by atoms with Crippen molar-refractivity contribution in [3.05, 3.63) is 65.0 Å². The third-order valence-corrected chi connectivity index (χ3v) is 3.08. The molecule has 2 rings (SSSR count). The molecule has 1 atom stereocenters. The van der Waals surface area contributed by atoms with E-state index < -0.39 is 5.82 Å². The van der Waals surface area contributed by atoms with Gasteiger partial charge in [-0.2, -0.15) is 0 Å². The zero-order valence-electron chi connectivity index (χ0n) is 11.0. The first-order chi connectivity index (χ1) is 9.13. The Morgan fingerprint density at radius 1 is 1.21 bits per heavy atom. The summed E-state index contributed by atoms with van der Waals surface area (Å²) in [5.41, 5.74) is 2.14. The quantitative estimate of drug-likeness (QED) is 0.913. The standard InChI is InChI=1S/C15H16F2N2/c1-3-19-15(12-6-7-18-9-14(12)17)13-8-11(16)5-4-10(13)2/h4-9,15,19H,3H2,1-2H3. The van der Waals surface area contributed by atoms with Gasteiger partial charge in [-0.05, 0) is 42.8 Å². The van der Waals surface area contributed by atoms with Crippen molar-refractivity contribution in [1.82, 2.24) is 10.3 Å². The van der Waals surface area contributed by atoms with Gasteiger partial charge in [-0.3, -0.25) is 4.98 Å². The van der Waals surface area contributed by atoms with Gasteiger partial charge in [0.2, 0.25) is 0 Å². The Morgan fingerprint density at radius 3 is 2.68 bits per heavy atom. The number of hydrogen-bond acceptors (Lipinski definition) is 2. The molecule has 2 aromatic rings. The largest absolute Gasteiger partial charge is 0.306 e. The van der Waals surface area contributed by atoms with E-state index in [1.807, 2.05) is 13.8 Å². The molecule has 0 radical (unpaired) electrons. The number of aromatic nitrogens is 1. The average Bonchev–Trinajstić information content (AvgIpc) is 2.40. The topological polar surface area (TPSA) is 24.9 Å². The van der Waals surface area contributed by atoms with E-state index in [0.717, 1.165) is 11.1 Å². The summed E-state index contributed by atoms with van der Waals surface area (Å²) in [7, 11) is 0. The van der Waals surface area contributed by atoms with Crippen LogP contribution in [0.5, 0.6) is 0 Å². The van der Waals surface area contributed by atoms with Gasteiger partial charge in [-0.1, -0.05) is 13.0 Å². The predicted molar refractivity (Wildman–Crippen MR) is 70.9 cm³/mol. The summed E-state index contributed by atoms with van der Waals surface area (Å²) in [6.45, 7) is 4.47. The molecule has 1 aromatic carbocycles. The van der Waals surface area contributed by atoms with Crippen molar-refractivity contribution in [2.45, 2.75) is 19.9 Å². The zero-order chi connectivity index (χ0) is 13.8. The van der Waals surface area contributed by atoms with Gasteiger partial charge in [0.15, 0.2) is 0 Å². The Bertz CT molecular complexity index is 570. The minimum Gasteiger partial charge on any atom is -0.306 e. The molecule has 1 aromatic heterocycles. The van der Waals surface area contributed by atoms with Gasteiger partial charge in [0.1, 0.15) is 11.6 Å². The first-order valence-corrected chi connectivity index (χ1v) is 6.22. The number of benzene rings is 1. The fourth-order valence-electron chi connectivity index (χ4n) is 2.13. The van der Waals surface area contributed by atoms with E-state index in [1.54, 1.807) is 12.1 Å². The molecular formula is C15H16F2N2. The highest BCUT2D eigenvalue weighted by Crippen LogP contribution is 2.27. The highest BCUT2D eigenvalue weighted by atomic mass is 19.1. The molecule has 0 aliphatic rings. The first-order valence-electron chi connectivity index (χ1n) is 6.22. The van der Waals surface area contributed by atoms with Crippen molar-refractivity contribution in [2.24, 2.45) is 0 Å². The monoisotopic (exact) mass is 262 g/mol. The van der Waals surface area contributed by atoms with Crippen LogP contribution in [-0.2, 0) is 0 Å². The van der Waals surface area contributed by atoms with Crippen molar-refractivity contribution < 1.29 is 8.78 Å². The summed E-state index contributed by atoms with van der Waals surface area (Å²) in [5, 5.41) is 3.19. The van der Waals surface area contributed by atoms with Gasteiger partial charge in [0.05, 0.1) is 12.2 Å². The average molecular weight is 262 g/mol.